The topological polar surface area (TPSA) is 26.0 Å². The first kappa shape index (κ1) is 7.77. The zero-order chi connectivity index (χ0) is 8.55. The van der Waals surface area contributed by atoms with Gasteiger partial charge in [0, 0.05) is 15.6 Å². The molecule has 2 rings (SSSR count). The number of rotatable bonds is 1. The van der Waals surface area contributed by atoms with Gasteiger partial charge in [-0.15, -0.1) is 11.3 Å². The number of thiophene rings is 1. The van der Waals surface area contributed by atoms with Crippen molar-refractivity contribution in [2.75, 3.05) is 0 Å². The third-order valence-electron chi connectivity index (χ3n) is 1.89. The molecule has 0 aliphatic heterocycles. The third kappa shape index (κ3) is 1.24. The van der Waals surface area contributed by atoms with E-state index in [0.717, 1.165) is 0 Å². The van der Waals surface area contributed by atoms with Gasteiger partial charge in [-0.3, -0.25) is 0 Å². The second kappa shape index (κ2) is 2.88. The Morgan fingerprint density at radius 1 is 1.33 bits per heavy atom. The Kier molecular flexibility index (Phi) is 1.87. The van der Waals surface area contributed by atoms with Gasteiger partial charge in [0.25, 0.3) is 0 Å². The highest BCUT2D eigenvalue weighted by molar-refractivity contribution is 7.19. The number of benzene rings is 1. The van der Waals surface area contributed by atoms with Gasteiger partial charge >= 0.3 is 0 Å². The molecule has 1 aromatic carbocycles. The van der Waals surface area contributed by atoms with Crippen LogP contribution in [0.2, 0.25) is 0 Å². The van der Waals surface area contributed by atoms with Crippen LogP contribution in [-0.2, 0) is 0 Å². The second-order valence-electron chi connectivity index (χ2n) is 2.98. The molecule has 0 aliphatic rings. The number of fused-ring (bicyclic) bond motifs is 1. The van der Waals surface area contributed by atoms with E-state index in [1.54, 1.807) is 11.3 Å². The van der Waals surface area contributed by atoms with Gasteiger partial charge in [-0.05, 0) is 24.4 Å². The van der Waals surface area contributed by atoms with Gasteiger partial charge in [0.1, 0.15) is 0 Å². The summed E-state index contributed by atoms with van der Waals surface area (Å²) in [5.41, 5.74) is 5.79. The summed E-state index contributed by atoms with van der Waals surface area (Å²) in [5, 5.41) is 1.30. The Morgan fingerprint density at radius 3 is 2.75 bits per heavy atom. The van der Waals surface area contributed by atoms with E-state index < -0.39 is 0 Å². The van der Waals surface area contributed by atoms with Crippen molar-refractivity contribution in [2.24, 2.45) is 5.73 Å². The first-order chi connectivity index (χ1) is 5.77. The highest BCUT2D eigenvalue weighted by atomic mass is 32.1. The van der Waals surface area contributed by atoms with Crippen molar-refractivity contribution >= 4 is 21.4 Å². The molecular weight excluding hydrogens is 166 g/mol. The molecule has 0 radical (unpaired) electrons. The fraction of sp³-hybridized carbons (Fsp3) is 0.200. The summed E-state index contributed by atoms with van der Waals surface area (Å²) in [4.78, 5) is 1.26. The Balaban J connectivity index is 2.62. The first-order valence-electron chi connectivity index (χ1n) is 4.01. The van der Waals surface area contributed by atoms with Gasteiger partial charge < -0.3 is 5.73 Å². The molecule has 1 aromatic heterocycles. The molecular formula is C10H11NS. The summed E-state index contributed by atoms with van der Waals surface area (Å²) in [7, 11) is 0. The van der Waals surface area contributed by atoms with Gasteiger partial charge in [-0.2, -0.15) is 0 Å². The van der Waals surface area contributed by atoms with Crippen LogP contribution in [0.1, 0.15) is 17.8 Å². The van der Waals surface area contributed by atoms with Crippen molar-refractivity contribution in [2.45, 2.75) is 13.0 Å². The predicted molar refractivity (Wildman–Crippen MR) is 54.4 cm³/mol. The van der Waals surface area contributed by atoms with E-state index in [4.69, 9.17) is 5.73 Å². The van der Waals surface area contributed by atoms with Crippen molar-refractivity contribution in [3.63, 3.8) is 0 Å². The average molecular weight is 177 g/mol. The van der Waals surface area contributed by atoms with E-state index in [2.05, 4.69) is 30.3 Å². The van der Waals surface area contributed by atoms with Crippen LogP contribution < -0.4 is 5.73 Å². The van der Waals surface area contributed by atoms with Crippen LogP contribution in [-0.4, -0.2) is 0 Å². The first-order valence-corrected chi connectivity index (χ1v) is 4.83. The fourth-order valence-corrected chi connectivity index (χ4v) is 2.24. The molecule has 0 saturated heterocycles. The van der Waals surface area contributed by atoms with Gasteiger partial charge in [-0.25, -0.2) is 0 Å². The van der Waals surface area contributed by atoms with E-state index in [1.165, 1.54) is 15.0 Å². The standard InChI is InChI=1S/C10H11NS/c1-7(11)10-6-8-4-2-3-5-9(8)12-10/h2-7H,11H2,1H3. The van der Waals surface area contributed by atoms with Gasteiger partial charge in [0.2, 0.25) is 0 Å². The maximum absolute atomic E-state index is 5.79. The Bertz CT molecular complexity index is 356. The van der Waals surface area contributed by atoms with Crippen LogP contribution in [0.3, 0.4) is 0 Å². The zero-order valence-electron chi connectivity index (χ0n) is 6.95. The molecule has 0 spiro atoms. The molecule has 1 nitrogen and oxygen atoms in total. The lowest BCUT2D eigenvalue weighted by molar-refractivity contribution is 0.839. The van der Waals surface area contributed by atoms with E-state index in [9.17, 15) is 0 Å². The highest BCUT2D eigenvalue weighted by Gasteiger charge is 2.03. The van der Waals surface area contributed by atoms with Gasteiger partial charge in [0.05, 0.1) is 0 Å². The second-order valence-corrected chi connectivity index (χ2v) is 4.09. The predicted octanol–water partition coefficient (Wildman–Crippen LogP) is 2.92. The molecule has 1 atom stereocenters. The molecule has 0 amide bonds. The summed E-state index contributed by atoms with van der Waals surface area (Å²) >= 11 is 1.78. The quantitative estimate of drug-likeness (QED) is 0.712. The van der Waals surface area contributed by atoms with Crippen molar-refractivity contribution < 1.29 is 0 Å². The minimum atomic E-state index is 0.155. The summed E-state index contributed by atoms with van der Waals surface area (Å²) in [6.45, 7) is 2.02. The summed E-state index contributed by atoms with van der Waals surface area (Å²) in [5.74, 6) is 0. The zero-order valence-corrected chi connectivity index (χ0v) is 7.77. The Morgan fingerprint density at radius 2 is 2.08 bits per heavy atom. The number of hydrogen-bond acceptors (Lipinski definition) is 2. The SMILES string of the molecule is CC(N)c1cc2ccccc2s1. The minimum absolute atomic E-state index is 0.155. The van der Waals surface area contributed by atoms with Gasteiger partial charge in [0.15, 0.2) is 0 Å². The third-order valence-corrected chi connectivity index (χ3v) is 3.21. The lowest BCUT2D eigenvalue weighted by Gasteiger charge is -1.96. The van der Waals surface area contributed by atoms with Crippen molar-refractivity contribution in [1.82, 2.24) is 0 Å². The largest absolute Gasteiger partial charge is 0.324 e. The molecule has 0 fully saturated rings. The van der Waals surface area contributed by atoms with Crippen LogP contribution >= 0.6 is 11.3 Å². The lowest BCUT2D eigenvalue weighted by Crippen LogP contribution is -2.01. The summed E-state index contributed by atoms with van der Waals surface area (Å²) in [6.07, 6.45) is 0. The smallest absolute Gasteiger partial charge is 0.0361 e. The molecule has 1 unspecified atom stereocenters. The summed E-state index contributed by atoms with van der Waals surface area (Å²) in [6, 6.07) is 10.7. The Labute approximate surface area is 75.8 Å². The summed E-state index contributed by atoms with van der Waals surface area (Å²) < 4.78 is 1.32. The lowest BCUT2D eigenvalue weighted by atomic mass is 10.2. The molecule has 2 N–H and O–H groups in total. The molecule has 1 heterocycles. The van der Waals surface area contributed by atoms with Gasteiger partial charge in [-0.1, -0.05) is 18.2 Å². The fourth-order valence-electron chi connectivity index (χ4n) is 1.23. The molecule has 2 heteroatoms. The van der Waals surface area contributed by atoms with E-state index in [1.807, 2.05) is 6.92 Å². The number of hydrogen-bond donors (Lipinski definition) is 1. The van der Waals surface area contributed by atoms with Crippen molar-refractivity contribution in [3.05, 3.63) is 35.2 Å². The molecule has 12 heavy (non-hydrogen) atoms. The molecule has 0 aliphatic carbocycles. The monoisotopic (exact) mass is 177 g/mol. The Hall–Kier alpha value is -0.860. The van der Waals surface area contributed by atoms with Crippen LogP contribution in [0.15, 0.2) is 30.3 Å². The highest BCUT2D eigenvalue weighted by Crippen LogP contribution is 2.28. The molecule has 0 bridgehead atoms. The van der Waals surface area contributed by atoms with Crippen LogP contribution in [0.25, 0.3) is 10.1 Å². The number of nitrogens with two attached hydrogens (primary N) is 1. The maximum atomic E-state index is 5.79. The van der Waals surface area contributed by atoms with E-state index in [0.29, 0.717) is 0 Å². The molecule has 0 saturated carbocycles. The van der Waals surface area contributed by atoms with Crippen LogP contribution in [0.5, 0.6) is 0 Å². The molecule has 2 aromatic rings. The normalized spacial score (nSPS) is 13.5. The van der Waals surface area contributed by atoms with Crippen LogP contribution in [0, 0.1) is 0 Å². The van der Waals surface area contributed by atoms with Crippen molar-refractivity contribution in [1.29, 1.82) is 0 Å². The average Bonchev–Trinajstić information content (AvgIpc) is 2.46. The minimum Gasteiger partial charge on any atom is -0.324 e. The maximum Gasteiger partial charge on any atom is 0.0361 e. The van der Waals surface area contributed by atoms with E-state index in [-0.39, 0.29) is 6.04 Å². The molecule has 62 valence electrons. The van der Waals surface area contributed by atoms with Crippen LogP contribution in [0.4, 0.5) is 0 Å². The van der Waals surface area contributed by atoms with Crippen molar-refractivity contribution in [3.8, 4) is 0 Å². The van der Waals surface area contributed by atoms with E-state index >= 15 is 0 Å².